The van der Waals surface area contributed by atoms with Crippen LogP contribution in [-0.2, 0) is 22.4 Å². The van der Waals surface area contributed by atoms with Gasteiger partial charge in [0.25, 0.3) is 0 Å². The maximum atomic E-state index is 12.3. The Morgan fingerprint density at radius 2 is 2.20 bits per heavy atom. The fourth-order valence-electron chi connectivity index (χ4n) is 3.46. The van der Waals surface area contributed by atoms with Crippen LogP contribution >= 0.6 is 22.7 Å². The molecule has 158 valence electrons. The van der Waals surface area contributed by atoms with Gasteiger partial charge in [-0.05, 0) is 73.1 Å². The molecular weight excluding hydrogens is 418 g/mol. The van der Waals surface area contributed by atoms with E-state index in [4.69, 9.17) is 4.74 Å². The number of nitriles is 1. The molecule has 0 bridgehead atoms. The molecule has 3 rings (SSSR count). The lowest BCUT2D eigenvalue weighted by atomic mass is 9.88. The van der Waals surface area contributed by atoms with Crippen LogP contribution in [0.25, 0.3) is 6.08 Å². The molecule has 0 saturated heterocycles. The number of hydrogen-bond acceptors (Lipinski definition) is 6. The summed E-state index contributed by atoms with van der Waals surface area (Å²) >= 11 is 3.03. The van der Waals surface area contributed by atoms with Gasteiger partial charge in [0.05, 0.1) is 12.2 Å². The third-order valence-corrected chi connectivity index (χ3v) is 7.02. The number of hydrogen-bond donors (Lipinski definition) is 1. The van der Waals surface area contributed by atoms with Crippen molar-refractivity contribution >= 4 is 45.8 Å². The standard InChI is InChI=1S/C22H25N3O3S2/c1-3-25(4-2)22(27)28-13-16-5-7-17-18(12-23)21(30-19(17)11-16)24-20(26)8-6-15-9-10-29-14-15/h6,8-10,14,16H,3-5,7,11,13H2,1-2H3,(H,24,26). The van der Waals surface area contributed by atoms with E-state index in [0.717, 1.165) is 35.3 Å². The van der Waals surface area contributed by atoms with Crippen LogP contribution in [0, 0.1) is 17.2 Å². The lowest BCUT2D eigenvalue weighted by Gasteiger charge is -2.24. The molecule has 1 atom stereocenters. The van der Waals surface area contributed by atoms with E-state index in [2.05, 4.69) is 11.4 Å². The molecule has 0 spiro atoms. The van der Waals surface area contributed by atoms with E-state index >= 15 is 0 Å². The Bertz CT molecular complexity index is 953. The third-order valence-electron chi connectivity index (χ3n) is 5.15. The lowest BCUT2D eigenvalue weighted by molar-refractivity contribution is -0.111. The second kappa shape index (κ2) is 10.4. The monoisotopic (exact) mass is 443 g/mol. The number of thiophene rings is 2. The Morgan fingerprint density at radius 3 is 2.87 bits per heavy atom. The highest BCUT2D eigenvalue weighted by Gasteiger charge is 2.27. The number of carbonyl (C=O) groups is 2. The largest absolute Gasteiger partial charge is 0.449 e. The molecule has 2 aromatic heterocycles. The Balaban J connectivity index is 1.63. The summed E-state index contributed by atoms with van der Waals surface area (Å²) in [5.74, 6) is -0.0229. The number of ether oxygens (including phenoxy) is 1. The van der Waals surface area contributed by atoms with E-state index in [9.17, 15) is 14.9 Å². The van der Waals surface area contributed by atoms with Gasteiger partial charge in [0, 0.05) is 24.0 Å². The van der Waals surface area contributed by atoms with Crippen molar-refractivity contribution < 1.29 is 14.3 Å². The minimum Gasteiger partial charge on any atom is -0.449 e. The zero-order valence-electron chi connectivity index (χ0n) is 17.1. The molecule has 30 heavy (non-hydrogen) atoms. The molecule has 0 aromatic carbocycles. The van der Waals surface area contributed by atoms with Crippen LogP contribution in [-0.4, -0.2) is 36.6 Å². The van der Waals surface area contributed by atoms with Crippen LogP contribution < -0.4 is 5.32 Å². The minimum atomic E-state index is -0.278. The van der Waals surface area contributed by atoms with Gasteiger partial charge in [0.1, 0.15) is 11.1 Å². The quantitative estimate of drug-likeness (QED) is 0.616. The first-order valence-electron chi connectivity index (χ1n) is 10.0. The van der Waals surface area contributed by atoms with Gasteiger partial charge in [-0.1, -0.05) is 0 Å². The number of amides is 2. The second-order valence-electron chi connectivity index (χ2n) is 7.06. The number of carbonyl (C=O) groups excluding carboxylic acids is 2. The summed E-state index contributed by atoms with van der Waals surface area (Å²) in [5, 5.41) is 17.0. The van der Waals surface area contributed by atoms with Gasteiger partial charge in [0.2, 0.25) is 5.91 Å². The molecule has 0 fully saturated rings. The van der Waals surface area contributed by atoms with Crippen molar-refractivity contribution in [1.29, 1.82) is 5.26 Å². The van der Waals surface area contributed by atoms with Crippen LogP contribution in [0.4, 0.5) is 9.80 Å². The van der Waals surface area contributed by atoms with Crippen molar-refractivity contribution in [2.24, 2.45) is 5.92 Å². The third kappa shape index (κ3) is 5.29. The van der Waals surface area contributed by atoms with Crippen LogP contribution in [0.5, 0.6) is 0 Å². The van der Waals surface area contributed by atoms with Crippen molar-refractivity contribution in [3.8, 4) is 6.07 Å². The predicted octanol–water partition coefficient (Wildman–Crippen LogP) is 4.92. The Kier molecular flexibility index (Phi) is 7.66. The average Bonchev–Trinajstić information content (AvgIpc) is 3.38. The zero-order chi connectivity index (χ0) is 21.5. The number of nitrogens with zero attached hydrogens (tertiary/aromatic N) is 2. The summed E-state index contributed by atoms with van der Waals surface area (Å²) < 4.78 is 5.48. The molecular formula is C22H25N3O3S2. The number of anilines is 1. The molecule has 2 heterocycles. The molecule has 1 aliphatic rings. The first kappa shape index (κ1) is 22.1. The van der Waals surface area contributed by atoms with Crippen molar-refractivity contribution in [3.63, 3.8) is 0 Å². The average molecular weight is 444 g/mol. The van der Waals surface area contributed by atoms with Crippen molar-refractivity contribution in [2.45, 2.75) is 33.1 Å². The molecule has 6 nitrogen and oxygen atoms in total. The Hall–Kier alpha value is -2.63. The molecule has 0 saturated carbocycles. The molecule has 2 aromatic rings. The number of fused-ring (bicyclic) bond motifs is 1. The van der Waals surface area contributed by atoms with Crippen LogP contribution in [0.3, 0.4) is 0 Å². The second-order valence-corrected chi connectivity index (χ2v) is 8.94. The first-order valence-corrected chi connectivity index (χ1v) is 11.8. The summed E-state index contributed by atoms with van der Waals surface area (Å²) in [6.45, 7) is 5.49. The highest BCUT2D eigenvalue weighted by Crippen LogP contribution is 2.39. The molecule has 0 aliphatic heterocycles. The SMILES string of the molecule is CCN(CC)C(=O)OCC1CCc2c(sc(NC(=O)C=Cc3ccsc3)c2C#N)C1. The number of nitrogens with one attached hydrogen (secondary N) is 1. The summed E-state index contributed by atoms with van der Waals surface area (Å²) in [4.78, 5) is 27.1. The van der Waals surface area contributed by atoms with Gasteiger partial charge < -0.3 is 15.0 Å². The predicted molar refractivity (Wildman–Crippen MR) is 121 cm³/mol. The van der Waals surface area contributed by atoms with E-state index < -0.39 is 0 Å². The summed E-state index contributed by atoms with van der Waals surface area (Å²) in [6, 6.07) is 4.19. The van der Waals surface area contributed by atoms with Crippen molar-refractivity contribution in [1.82, 2.24) is 4.90 Å². The van der Waals surface area contributed by atoms with Gasteiger partial charge >= 0.3 is 6.09 Å². The topological polar surface area (TPSA) is 82.4 Å². The molecule has 1 unspecified atom stereocenters. The van der Waals surface area contributed by atoms with E-state index in [1.54, 1.807) is 22.3 Å². The van der Waals surface area contributed by atoms with Gasteiger partial charge in [-0.15, -0.1) is 11.3 Å². The maximum absolute atomic E-state index is 12.3. The van der Waals surface area contributed by atoms with E-state index in [-0.39, 0.29) is 17.9 Å². The van der Waals surface area contributed by atoms with Gasteiger partial charge in [-0.3, -0.25) is 4.79 Å². The highest BCUT2D eigenvalue weighted by molar-refractivity contribution is 7.16. The minimum absolute atomic E-state index is 0.226. The molecule has 0 radical (unpaired) electrons. The Labute approximate surface area is 184 Å². The maximum Gasteiger partial charge on any atom is 0.409 e. The van der Waals surface area contributed by atoms with Crippen LogP contribution in [0.1, 0.15) is 41.8 Å². The molecule has 8 heteroatoms. The van der Waals surface area contributed by atoms with Crippen LogP contribution in [0.2, 0.25) is 0 Å². The molecule has 2 amide bonds. The smallest absolute Gasteiger partial charge is 0.409 e. The van der Waals surface area contributed by atoms with Gasteiger partial charge in [-0.2, -0.15) is 16.6 Å². The van der Waals surface area contributed by atoms with Crippen molar-refractivity contribution in [2.75, 3.05) is 25.0 Å². The molecule has 1 N–H and O–H groups in total. The first-order chi connectivity index (χ1) is 14.5. The fourth-order valence-corrected chi connectivity index (χ4v) is 5.40. The van der Waals surface area contributed by atoms with E-state index in [1.165, 1.54) is 17.4 Å². The van der Waals surface area contributed by atoms with E-state index in [1.807, 2.05) is 30.7 Å². The van der Waals surface area contributed by atoms with Gasteiger partial charge in [-0.25, -0.2) is 4.79 Å². The number of rotatable bonds is 7. The lowest BCUT2D eigenvalue weighted by Crippen LogP contribution is -2.33. The summed E-state index contributed by atoms with van der Waals surface area (Å²) in [5.41, 5.74) is 2.56. The highest BCUT2D eigenvalue weighted by atomic mass is 32.1. The normalized spacial score (nSPS) is 15.4. The van der Waals surface area contributed by atoms with Crippen molar-refractivity contribution in [3.05, 3.63) is 44.5 Å². The zero-order valence-corrected chi connectivity index (χ0v) is 18.8. The molecule has 1 aliphatic carbocycles. The van der Waals surface area contributed by atoms with E-state index in [0.29, 0.717) is 30.3 Å². The van der Waals surface area contributed by atoms with Crippen LogP contribution in [0.15, 0.2) is 22.9 Å². The summed E-state index contributed by atoms with van der Waals surface area (Å²) in [7, 11) is 0. The Morgan fingerprint density at radius 1 is 1.40 bits per heavy atom. The van der Waals surface area contributed by atoms with Gasteiger partial charge in [0.15, 0.2) is 0 Å². The fraction of sp³-hybridized carbons (Fsp3) is 0.409. The summed E-state index contributed by atoms with van der Waals surface area (Å²) in [6.07, 6.45) is 5.32.